The van der Waals surface area contributed by atoms with Gasteiger partial charge in [-0.05, 0) is 30.5 Å². The molecule has 104 valence electrons. The Labute approximate surface area is 121 Å². The molecule has 2 aromatic carbocycles. The van der Waals surface area contributed by atoms with Gasteiger partial charge in [0, 0.05) is 5.56 Å². The van der Waals surface area contributed by atoms with Crippen LogP contribution in [0.1, 0.15) is 18.4 Å². The summed E-state index contributed by atoms with van der Waals surface area (Å²) in [6.45, 7) is 0. The Kier molecular flexibility index (Phi) is 2.42. The summed E-state index contributed by atoms with van der Waals surface area (Å²) in [6.07, 6.45) is 1.46. The molecule has 4 nitrogen and oxygen atoms in total. The highest BCUT2D eigenvalue weighted by molar-refractivity contribution is 5.85. The lowest BCUT2D eigenvalue weighted by Crippen LogP contribution is -2.19. The Morgan fingerprint density at radius 1 is 1.10 bits per heavy atom. The molecule has 4 heteroatoms. The number of aromatic nitrogens is 2. The zero-order valence-corrected chi connectivity index (χ0v) is 11.3. The first-order chi connectivity index (χ1) is 10.2. The molecular weight excluding hydrogens is 264 g/mol. The van der Waals surface area contributed by atoms with Crippen LogP contribution >= 0.6 is 0 Å². The lowest BCUT2D eigenvalue weighted by molar-refractivity contribution is -0.140. The number of rotatable bonds is 3. The number of benzene rings is 2. The molecule has 0 atom stereocenters. The third-order valence-corrected chi connectivity index (χ3v) is 4.26. The average Bonchev–Trinajstić information content (AvgIpc) is 3.21. The number of nitrogens with one attached hydrogen (secondary N) is 1. The highest BCUT2D eigenvalue weighted by Gasteiger charge is 2.51. The standard InChI is InChI=1S/C17H14N2O2/c20-16(21)17(9-10-17)12-7-5-11(6-8-12)15-18-13-3-1-2-4-14(13)19-15/h1-8H,9-10H2,(H,18,19)(H,20,21). The highest BCUT2D eigenvalue weighted by atomic mass is 16.4. The van der Waals surface area contributed by atoms with Crippen LogP contribution in [0.25, 0.3) is 22.4 Å². The summed E-state index contributed by atoms with van der Waals surface area (Å²) in [7, 11) is 0. The van der Waals surface area contributed by atoms with Gasteiger partial charge in [-0.3, -0.25) is 4.79 Å². The molecule has 1 fully saturated rings. The zero-order chi connectivity index (χ0) is 14.4. The van der Waals surface area contributed by atoms with Crippen molar-refractivity contribution in [1.82, 2.24) is 9.97 Å². The van der Waals surface area contributed by atoms with Crippen molar-refractivity contribution in [3.63, 3.8) is 0 Å². The van der Waals surface area contributed by atoms with E-state index in [1.807, 2.05) is 48.5 Å². The maximum Gasteiger partial charge on any atom is 0.314 e. The van der Waals surface area contributed by atoms with E-state index in [1.165, 1.54) is 0 Å². The van der Waals surface area contributed by atoms with Gasteiger partial charge < -0.3 is 10.1 Å². The number of H-pyrrole nitrogens is 1. The number of carboxylic acid groups (broad SMARTS) is 1. The summed E-state index contributed by atoms with van der Waals surface area (Å²) in [5.74, 6) is 0.0851. The van der Waals surface area contributed by atoms with Crippen molar-refractivity contribution in [3.8, 4) is 11.4 Å². The number of hydrogen-bond donors (Lipinski definition) is 2. The number of aliphatic carboxylic acids is 1. The largest absolute Gasteiger partial charge is 0.481 e. The SMILES string of the molecule is O=C(O)C1(c2ccc(-c3nc4ccccc4[nH]3)cc2)CC1. The van der Waals surface area contributed by atoms with Gasteiger partial charge >= 0.3 is 5.97 Å². The van der Waals surface area contributed by atoms with E-state index in [1.54, 1.807) is 0 Å². The van der Waals surface area contributed by atoms with E-state index in [2.05, 4.69) is 9.97 Å². The smallest absolute Gasteiger partial charge is 0.314 e. The number of hydrogen-bond acceptors (Lipinski definition) is 2. The third kappa shape index (κ3) is 1.83. The number of para-hydroxylation sites is 2. The molecule has 1 aliphatic carbocycles. The van der Waals surface area contributed by atoms with Crippen molar-refractivity contribution < 1.29 is 9.90 Å². The molecule has 0 spiro atoms. The predicted octanol–water partition coefficient (Wildman–Crippen LogP) is 3.35. The van der Waals surface area contributed by atoms with Gasteiger partial charge in [0.1, 0.15) is 5.82 Å². The molecule has 3 aromatic rings. The topological polar surface area (TPSA) is 66.0 Å². The van der Waals surface area contributed by atoms with Gasteiger partial charge in [-0.15, -0.1) is 0 Å². The average molecular weight is 278 g/mol. The molecule has 1 aliphatic rings. The van der Waals surface area contributed by atoms with Gasteiger partial charge in [0.15, 0.2) is 0 Å². The van der Waals surface area contributed by atoms with Crippen LogP contribution in [0, 0.1) is 0 Å². The van der Waals surface area contributed by atoms with Crippen molar-refractivity contribution >= 4 is 17.0 Å². The Morgan fingerprint density at radius 3 is 2.43 bits per heavy atom. The van der Waals surface area contributed by atoms with Crippen LogP contribution in [-0.4, -0.2) is 21.0 Å². The number of aromatic amines is 1. The number of imidazole rings is 1. The quantitative estimate of drug-likeness (QED) is 0.772. The fourth-order valence-corrected chi connectivity index (χ4v) is 2.79. The summed E-state index contributed by atoms with van der Waals surface area (Å²) in [4.78, 5) is 19.2. The van der Waals surface area contributed by atoms with Crippen LogP contribution in [0.5, 0.6) is 0 Å². The van der Waals surface area contributed by atoms with Crippen LogP contribution in [-0.2, 0) is 10.2 Å². The number of fused-ring (bicyclic) bond motifs is 1. The Morgan fingerprint density at radius 2 is 1.81 bits per heavy atom. The minimum Gasteiger partial charge on any atom is -0.481 e. The fraction of sp³-hybridized carbons (Fsp3) is 0.176. The van der Waals surface area contributed by atoms with Gasteiger partial charge in [-0.25, -0.2) is 4.98 Å². The van der Waals surface area contributed by atoms with E-state index < -0.39 is 11.4 Å². The van der Waals surface area contributed by atoms with E-state index in [0.29, 0.717) is 0 Å². The number of carboxylic acids is 1. The predicted molar refractivity (Wildman–Crippen MR) is 80.1 cm³/mol. The number of nitrogens with zero attached hydrogens (tertiary/aromatic N) is 1. The molecule has 1 saturated carbocycles. The van der Waals surface area contributed by atoms with E-state index >= 15 is 0 Å². The van der Waals surface area contributed by atoms with Crippen molar-refractivity contribution in [3.05, 3.63) is 54.1 Å². The first-order valence-electron chi connectivity index (χ1n) is 6.98. The lowest BCUT2D eigenvalue weighted by Gasteiger charge is -2.10. The summed E-state index contributed by atoms with van der Waals surface area (Å²) in [6, 6.07) is 15.6. The van der Waals surface area contributed by atoms with Crippen molar-refractivity contribution in [1.29, 1.82) is 0 Å². The monoisotopic (exact) mass is 278 g/mol. The fourth-order valence-electron chi connectivity index (χ4n) is 2.79. The first kappa shape index (κ1) is 12.1. The normalized spacial score (nSPS) is 16.0. The molecule has 4 rings (SSSR count). The van der Waals surface area contributed by atoms with Gasteiger partial charge in [0.05, 0.1) is 16.4 Å². The Balaban J connectivity index is 1.72. The van der Waals surface area contributed by atoms with Crippen LogP contribution in [0.2, 0.25) is 0 Å². The minimum atomic E-state index is -0.723. The van der Waals surface area contributed by atoms with Crippen LogP contribution in [0.4, 0.5) is 0 Å². The van der Waals surface area contributed by atoms with Gasteiger partial charge in [0.25, 0.3) is 0 Å². The molecule has 21 heavy (non-hydrogen) atoms. The second-order valence-corrected chi connectivity index (χ2v) is 5.57. The molecule has 0 amide bonds. The molecule has 0 aliphatic heterocycles. The molecule has 2 N–H and O–H groups in total. The maximum atomic E-state index is 11.3. The van der Waals surface area contributed by atoms with Crippen molar-refractivity contribution in [2.75, 3.05) is 0 Å². The van der Waals surface area contributed by atoms with E-state index in [-0.39, 0.29) is 0 Å². The Hall–Kier alpha value is -2.62. The summed E-state index contributed by atoms with van der Waals surface area (Å²) in [5.41, 5.74) is 3.14. The van der Waals surface area contributed by atoms with E-state index in [4.69, 9.17) is 0 Å². The number of carbonyl (C=O) groups is 1. The molecule has 0 saturated heterocycles. The zero-order valence-electron chi connectivity index (χ0n) is 11.3. The molecule has 0 bridgehead atoms. The molecule has 1 heterocycles. The van der Waals surface area contributed by atoms with Crippen LogP contribution < -0.4 is 0 Å². The second kappa shape index (κ2) is 4.19. The van der Waals surface area contributed by atoms with Gasteiger partial charge in [-0.2, -0.15) is 0 Å². The van der Waals surface area contributed by atoms with E-state index in [0.717, 1.165) is 40.8 Å². The Bertz CT molecular complexity index is 796. The molecule has 1 aromatic heterocycles. The van der Waals surface area contributed by atoms with Crippen LogP contribution in [0.15, 0.2) is 48.5 Å². The first-order valence-corrected chi connectivity index (χ1v) is 6.98. The highest BCUT2D eigenvalue weighted by Crippen LogP contribution is 2.48. The minimum absolute atomic E-state index is 0.646. The van der Waals surface area contributed by atoms with Crippen LogP contribution in [0.3, 0.4) is 0 Å². The molecule has 0 radical (unpaired) electrons. The summed E-state index contributed by atoms with van der Waals surface area (Å²) in [5, 5.41) is 9.32. The van der Waals surface area contributed by atoms with Crippen molar-refractivity contribution in [2.24, 2.45) is 0 Å². The van der Waals surface area contributed by atoms with Crippen molar-refractivity contribution in [2.45, 2.75) is 18.3 Å². The summed E-state index contributed by atoms with van der Waals surface area (Å²) >= 11 is 0. The summed E-state index contributed by atoms with van der Waals surface area (Å²) < 4.78 is 0. The van der Waals surface area contributed by atoms with Gasteiger partial charge in [0.2, 0.25) is 0 Å². The lowest BCUT2D eigenvalue weighted by atomic mass is 9.95. The molecule has 0 unspecified atom stereocenters. The van der Waals surface area contributed by atoms with Gasteiger partial charge in [-0.1, -0.05) is 36.4 Å². The third-order valence-electron chi connectivity index (χ3n) is 4.26. The van der Waals surface area contributed by atoms with E-state index in [9.17, 15) is 9.90 Å². The maximum absolute atomic E-state index is 11.3. The second-order valence-electron chi connectivity index (χ2n) is 5.57. The molecular formula is C17H14N2O2.